The van der Waals surface area contributed by atoms with Crippen molar-refractivity contribution >= 4 is 23.8 Å². The molecular weight excluding hydrogens is 246 g/mol. The summed E-state index contributed by atoms with van der Waals surface area (Å²) in [5.74, 6) is -4.15. The normalized spacial score (nSPS) is 13.2. The molecule has 0 aliphatic rings. The zero-order valence-electron chi connectivity index (χ0n) is 9.67. The molecule has 0 aromatic carbocycles. The zero-order valence-corrected chi connectivity index (χ0v) is 9.67. The van der Waals surface area contributed by atoms with E-state index in [1.54, 1.807) is 0 Å². The fourth-order valence-corrected chi connectivity index (χ4v) is 1.12. The lowest BCUT2D eigenvalue weighted by molar-refractivity contribution is -0.142. The van der Waals surface area contributed by atoms with Crippen molar-refractivity contribution < 1.29 is 29.4 Å². The van der Waals surface area contributed by atoms with E-state index < -0.39 is 48.7 Å². The predicted molar refractivity (Wildman–Crippen MR) is 58.5 cm³/mol. The molecule has 0 bridgehead atoms. The number of carboxylic acids is 2. The molecule has 0 aromatic heterocycles. The Morgan fingerprint density at radius 3 is 1.94 bits per heavy atom. The van der Waals surface area contributed by atoms with E-state index in [4.69, 9.17) is 15.9 Å². The van der Waals surface area contributed by atoms with Crippen LogP contribution in [0.1, 0.15) is 12.8 Å². The Morgan fingerprint density at radius 2 is 1.56 bits per heavy atom. The molecule has 0 aromatic rings. The highest BCUT2D eigenvalue weighted by Gasteiger charge is 2.26. The van der Waals surface area contributed by atoms with Gasteiger partial charge in [-0.1, -0.05) is 0 Å². The summed E-state index contributed by atoms with van der Waals surface area (Å²) in [6, 6.07) is -2.64. The lowest BCUT2D eigenvalue weighted by atomic mass is 10.1. The fraction of sp³-hybridized carbons (Fsp3) is 0.556. The second-order valence-electron chi connectivity index (χ2n) is 3.48. The minimum absolute atomic E-state index is 0.612. The Balaban J connectivity index is 4.56. The summed E-state index contributed by atoms with van der Waals surface area (Å²) >= 11 is 0. The van der Waals surface area contributed by atoms with E-state index in [0.717, 1.165) is 0 Å². The van der Waals surface area contributed by atoms with E-state index in [2.05, 4.69) is 10.6 Å². The molecule has 18 heavy (non-hydrogen) atoms. The number of rotatable bonds is 7. The fourth-order valence-electron chi connectivity index (χ4n) is 1.12. The number of hydrogen-bond acceptors (Lipinski definition) is 5. The average molecular weight is 261 g/mol. The molecule has 9 nitrogen and oxygen atoms in total. The van der Waals surface area contributed by atoms with Gasteiger partial charge in [-0.2, -0.15) is 0 Å². The summed E-state index contributed by atoms with van der Waals surface area (Å²) in [7, 11) is 1.28. The standard InChI is InChI=1S/C9H15N3O6/c1-11-9(18)5(3-7(15)16)12-8(17)4(10)2-6(13)14/h4-5H,2-3,10H2,1H3,(H,11,18)(H,12,17)(H,13,14)(H,15,16)/t4-,5-/m0/s1. The number of amides is 2. The second-order valence-corrected chi connectivity index (χ2v) is 3.48. The molecular formula is C9H15N3O6. The maximum atomic E-state index is 11.4. The number of carboxylic acid groups (broad SMARTS) is 2. The van der Waals surface area contributed by atoms with Gasteiger partial charge >= 0.3 is 11.9 Å². The van der Waals surface area contributed by atoms with Gasteiger partial charge in [0.15, 0.2) is 0 Å². The van der Waals surface area contributed by atoms with Crippen LogP contribution in [-0.4, -0.2) is 53.1 Å². The van der Waals surface area contributed by atoms with Crippen LogP contribution in [0.25, 0.3) is 0 Å². The van der Waals surface area contributed by atoms with E-state index in [0.29, 0.717) is 0 Å². The van der Waals surface area contributed by atoms with Crippen LogP contribution >= 0.6 is 0 Å². The Hall–Kier alpha value is -2.16. The number of carbonyl (C=O) groups excluding carboxylic acids is 2. The van der Waals surface area contributed by atoms with E-state index in [1.807, 2.05) is 0 Å². The van der Waals surface area contributed by atoms with Crippen molar-refractivity contribution in [1.82, 2.24) is 10.6 Å². The first-order chi connectivity index (χ1) is 8.27. The lowest BCUT2D eigenvalue weighted by Crippen LogP contribution is -2.52. The molecule has 102 valence electrons. The summed E-state index contributed by atoms with van der Waals surface area (Å²) in [6.07, 6.45) is -1.23. The Kier molecular flexibility index (Phi) is 6.35. The smallest absolute Gasteiger partial charge is 0.305 e. The molecule has 0 fully saturated rings. The number of carbonyl (C=O) groups is 4. The molecule has 0 saturated heterocycles. The van der Waals surface area contributed by atoms with Crippen molar-refractivity contribution in [2.45, 2.75) is 24.9 Å². The maximum Gasteiger partial charge on any atom is 0.305 e. The first-order valence-corrected chi connectivity index (χ1v) is 4.99. The Morgan fingerprint density at radius 1 is 1.06 bits per heavy atom. The summed E-state index contributed by atoms with van der Waals surface area (Å²) in [5, 5.41) is 21.3. The minimum atomic E-state index is -1.34. The van der Waals surface area contributed by atoms with Gasteiger partial charge in [-0.3, -0.25) is 19.2 Å². The van der Waals surface area contributed by atoms with Crippen LogP contribution in [0, 0.1) is 0 Å². The molecule has 2 atom stereocenters. The largest absolute Gasteiger partial charge is 0.481 e. The molecule has 0 aliphatic heterocycles. The summed E-state index contributed by atoms with van der Waals surface area (Å²) < 4.78 is 0. The van der Waals surface area contributed by atoms with E-state index in [-0.39, 0.29) is 0 Å². The molecule has 0 saturated carbocycles. The first kappa shape index (κ1) is 15.8. The van der Waals surface area contributed by atoms with Crippen molar-refractivity contribution in [3.8, 4) is 0 Å². The summed E-state index contributed by atoms with van der Waals surface area (Å²) in [4.78, 5) is 43.5. The van der Waals surface area contributed by atoms with Crippen molar-refractivity contribution in [2.24, 2.45) is 5.73 Å². The van der Waals surface area contributed by atoms with Crippen LogP contribution < -0.4 is 16.4 Å². The third-order valence-electron chi connectivity index (χ3n) is 1.99. The molecule has 9 heteroatoms. The van der Waals surface area contributed by atoms with E-state index >= 15 is 0 Å². The monoisotopic (exact) mass is 261 g/mol. The van der Waals surface area contributed by atoms with Gasteiger partial charge in [0.2, 0.25) is 11.8 Å². The van der Waals surface area contributed by atoms with E-state index in [9.17, 15) is 19.2 Å². The minimum Gasteiger partial charge on any atom is -0.481 e. The quantitative estimate of drug-likeness (QED) is 0.338. The van der Waals surface area contributed by atoms with Crippen LogP contribution in [0.4, 0.5) is 0 Å². The van der Waals surface area contributed by atoms with Gasteiger partial charge in [0.25, 0.3) is 0 Å². The Labute approximate surface area is 102 Å². The van der Waals surface area contributed by atoms with Crippen molar-refractivity contribution in [2.75, 3.05) is 7.05 Å². The molecule has 0 spiro atoms. The van der Waals surface area contributed by atoms with Gasteiger partial charge in [0.1, 0.15) is 6.04 Å². The van der Waals surface area contributed by atoms with Crippen LogP contribution in [0.5, 0.6) is 0 Å². The number of nitrogens with one attached hydrogen (secondary N) is 2. The van der Waals surface area contributed by atoms with Gasteiger partial charge < -0.3 is 26.6 Å². The molecule has 2 amide bonds. The summed E-state index contributed by atoms with van der Waals surface area (Å²) in [6.45, 7) is 0. The third kappa shape index (κ3) is 5.80. The molecule has 6 N–H and O–H groups in total. The number of likely N-dealkylation sites (N-methyl/N-ethyl adjacent to an activating group) is 1. The molecule has 0 rings (SSSR count). The van der Waals surface area contributed by atoms with Crippen LogP contribution in [0.2, 0.25) is 0 Å². The number of aliphatic carboxylic acids is 2. The molecule has 0 aliphatic carbocycles. The van der Waals surface area contributed by atoms with Crippen molar-refractivity contribution in [3.05, 3.63) is 0 Å². The molecule has 0 unspecified atom stereocenters. The number of nitrogens with two attached hydrogens (primary N) is 1. The van der Waals surface area contributed by atoms with Gasteiger partial charge in [0.05, 0.1) is 18.9 Å². The van der Waals surface area contributed by atoms with E-state index in [1.165, 1.54) is 7.05 Å². The maximum absolute atomic E-state index is 11.4. The molecule has 0 heterocycles. The highest BCUT2D eigenvalue weighted by Crippen LogP contribution is 1.96. The predicted octanol–water partition coefficient (Wildman–Crippen LogP) is -2.51. The van der Waals surface area contributed by atoms with Gasteiger partial charge in [0, 0.05) is 7.05 Å². The lowest BCUT2D eigenvalue weighted by Gasteiger charge is -2.17. The van der Waals surface area contributed by atoms with Gasteiger partial charge in [-0.25, -0.2) is 0 Å². The van der Waals surface area contributed by atoms with Crippen LogP contribution in [0.3, 0.4) is 0 Å². The molecule has 0 radical (unpaired) electrons. The van der Waals surface area contributed by atoms with Crippen LogP contribution in [0.15, 0.2) is 0 Å². The van der Waals surface area contributed by atoms with Gasteiger partial charge in [-0.05, 0) is 0 Å². The average Bonchev–Trinajstić information content (AvgIpc) is 2.25. The third-order valence-corrected chi connectivity index (χ3v) is 1.99. The second kappa shape index (κ2) is 7.22. The highest BCUT2D eigenvalue weighted by molar-refractivity contribution is 5.93. The topological polar surface area (TPSA) is 159 Å². The Bertz CT molecular complexity index is 356. The zero-order chi connectivity index (χ0) is 14.3. The highest BCUT2D eigenvalue weighted by atomic mass is 16.4. The van der Waals surface area contributed by atoms with Crippen molar-refractivity contribution in [3.63, 3.8) is 0 Å². The number of hydrogen-bond donors (Lipinski definition) is 5. The SMILES string of the molecule is CNC(=O)[C@H](CC(=O)O)NC(=O)[C@@H](N)CC(=O)O. The first-order valence-electron chi connectivity index (χ1n) is 4.99. The summed E-state index contributed by atoms with van der Waals surface area (Å²) in [5.41, 5.74) is 5.27. The van der Waals surface area contributed by atoms with Gasteiger partial charge in [-0.15, -0.1) is 0 Å². The van der Waals surface area contributed by atoms with Crippen molar-refractivity contribution in [1.29, 1.82) is 0 Å². The van der Waals surface area contributed by atoms with Crippen LogP contribution in [-0.2, 0) is 19.2 Å².